The van der Waals surface area contributed by atoms with Crippen LogP contribution in [0.25, 0.3) is 22.3 Å². The van der Waals surface area contributed by atoms with E-state index in [0.717, 1.165) is 19.3 Å². The molecule has 2 unspecified atom stereocenters. The lowest BCUT2D eigenvalue weighted by molar-refractivity contribution is 0.0320. The van der Waals surface area contributed by atoms with Crippen molar-refractivity contribution in [3.8, 4) is 28.0 Å². The summed E-state index contributed by atoms with van der Waals surface area (Å²) in [4.78, 5) is 0. The van der Waals surface area contributed by atoms with Crippen LogP contribution >= 0.6 is 0 Å². The Labute approximate surface area is 228 Å². The van der Waals surface area contributed by atoms with Crippen LogP contribution in [0.4, 0.5) is 17.6 Å². The first-order valence-corrected chi connectivity index (χ1v) is 13.9. The van der Waals surface area contributed by atoms with E-state index in [1.54, 1.807) is 42.5 Å². The number of hydrogen-bond donors (Lipinski definition) is 0. The van der Waals surface area contributed by atoms with E-state index in [1.165, 1.54) is 31.4 Å². The highest BCUT2D eigenvalue weighted by Crippen LogP contribution is 2.36. The zero-order chi connectivity index (χ0) is 27.8. The predicted molar refractivity (Wildman–Crippen MR) is 148 cm³/mol. The molecule has 0 aromatic heterocycles. The van der Waals surface area contributed by atoms with Gasteiger partial charge in [0.2, 0.25) is 5.82 Å². The van der Waals surface area contributed by atoms with Crippen LogP contribution in [0.5, 0.6) is 5.75 Å². The van der Waals surface area contributed by atoms with Crippen molar-refractivity contribution in [2.45, 2.75) is 70.3 Å². The number of ether oxygens (including phenoxy) is 2. The maximum absolute atomic E-state index is 15.1. The zero-order valence-corrected chi connectivity index (χ0v) is 22.5. The number of rotatable bonds is 12. The van der Waals surface area contributed by atoms with Crippen molar-refractivity contribution in [1.29, 1.82) is 0 Å². The van der Waals surface area contributed by atoms with Gasteiger partial charge in [-0.25, -0.2) is 13.2 Å². The van der Waals surface area contributed by atoms with Gasteiger partial charge in [-0.1, -0.05) is 81.5 Å². The van der Waals surface area contributed by atoms with Gasteiger partial charge in [0.25, 0.3) is 0 Å². The molecule has 3 aromatic rings. The van der Waals surface area contributed by atoms with Gasteiger partial charge >= 0.3 is 0 Å². The fourth-order valence-electron chi connectivity index (χ4n) is 5.07. The molecule has 1 heterocycles. The van der Waals surface area contributed by atoms with Crippen molar-refractivity contribution in [3.63, 3.8) is 0 Å². The van der Waals surface area contributed by atoms with Crippen molar-refractivity contribution < 1.29 is 27.0 Å². The fourth-order valence-corrected chi connectivity index (χ4v) is 5.07. The minimum atomic E-state index is -1.03. The summed E-state index contributed by atoms with van der Waals surface area (Å²) in [6.07, 6.45) is 9.50. The molecule has 0 radical (unpaired) electrons. The summed E-state index contributed by atoms with van der Waals surface area (Å²) in [6.45, 7) is 6.52. The minimum Gasteiger partial charge on any atom is -0.490 e. The SMILES string of the molecule is C=CC1CCC(c2ccc(-c3ccc(-c4ccc(OCCCCCCCC)c(F)c4F)cc3)c(F)c2F)CO1. The molecule has 1 fully saturated rings. The summed E-state index contributed by atoms with van der Waals surface area (Å²) >= 11 is 0. The van der Waals surface area contributed by atoms with Crippen molar-refractivity contribution in [1.82, 2.24) is 0 Å². The Kier molecular flexibility index (Phi) is 10.2. The number of halogens is 4. The second-order valence-corrected chi connectivity index (χ2v) is 10.1. The topological polar surface area (TPSA) is 18.5 Å². The average molecular weight is 541 g/mol. The molecule has 6 heteroatoms. The van der Waals surface area contributed by atoms with Gasteiger partial charge in [-0.05, 0) is 48.1 Å². The highest BCUT2D eigenvalue weighted by Gasteiger charge is 2.26. The first-order chi connectivity index (χ1) is 18.9. The summed E-state index contributed by atoms with van der Waals surface area (Å²) < 4.78 is 70.8. The third-order valence-electron chi connectivity index (χ3n) is 7.44. The van der Waals surface area contributed by atoms with E-state index in [9.17, 15) is 8.78 Å². The van der Waals surface area contributed by atoms with E-state index in [-0.39, 0.29) is 28.9 Å². The summed E-state index contributed by atoms with van der Waals surface area (Å²) in [6, 6.07) is 12.3. The van der Waals surface area contributed by atoms with E-state index in [2.05, 4.69) is 13.5 Å². The normalized spacial score (nSPS) is 17.3. The Morgan fingerprint density at radius 3 is 2.00 bits per heavy atom. The van der Waals surface area contributed by atoms with Crippen LogP contribution in [0.2, 0.25) is 0 Å². The van der Waals surface area contributed by atoms with Crippen LogP contribution in [0.1, 0.15) is 69.8 Å². The van der Waals surface area contributed by atoms with Gasteiger partial charge in [-0.3, -0.25) is 0 Å². The maximum Gasteiger partial charge on any atom is 0.201 e. The summed E-state index contributed by atoms with van der Waals surface area (Å²) in [7, 11) is 0. The van der Waals surface area contributed by atoms with Crippen LogP contribution in [-0.2, 0) is 4.74 Å². The highest BCUT2D eigenvalue weighted by molar-refractivity contribution is 5.72. The van der Waals surface area contributed by atoms with Gasteiger partial charge in [-0.15, -0.1) is 6.58 Å². The molecule has 0 spiro atoms. The van der Waals surface area contributed by atoms with Gasteiger partial charge in [0.15, 0.2) is 23.2 Å². The summed E-state index contributed by atoms with van der Waals surface area (Å²) in [5, 5.41) is 0. The highest BCUT2D eigenvalue weighted by atomic mass is 19.2. The standard InChI is InChI=1S/C33H36F4O2/c1-3-5-6-7-8-9-20-38-29-19-18-27(32(36)33(29)37)23-12-10-22(11-13-23)26-16-17-28(31(35)30(26)34)24-14-15-25(4-2)39-21-24/h4,10-13,16-19,24-25H,2-3,5-9,14-15,20-21H2,1H3. The van der Waals surface area contributed by atoms with Gasteiger partial charge in [0.1, 0.15) is 0 Å². The van der Waals surface area contributed by atoms with Crippen molar-refractivity contribution in [2.24, 2.45) is 0 Å². The van der Waals surface area contributed by atoms with Crippen LogP contribution in [0.15, 0.2) is 61.2 Å². The quantitative estimate of drug-likeness (QED) is 0.129. The molecule has 1 aliphatic rings. The minimum absolute atomic E-state index is 0.0564. The van der Waals surface area contributed by atoms with Gasteiger partial charge in [0, 0.05) is 17.0 Å². The molecule has 208 valence electrons. The molecular formula is C33H36F4O2. The van der Waals surface area contributed by atoms with Gasteiger partial charge in [0.05, 0.1) is 19.3 Å². The smallest absolute Gasteiger partial charge is 0.201 e. The lowest BCUT2D eigenvalue weighted by Gasteiger charge is -2.28. The molecule has 2 atom stereocenters. The molecule has 4 rings (SSSR count). The predicted octanol–water partition coefficient (Wildman–Crippen LogP) is 9.76. The average Bonchev–Trinajstić information content (AvgIpc) is 2.96. The fraction of sp³-hybridized carbons (Fsp3) is 0.394. The number of unbranched alkanes of at least 4 members (excludes halogenated alkanes) is 5. The van der Waals surface area contributed by atoms with E-state index in [4.69, 9.17) is 9.47 Å². The van der Waals surface area contributed by atoms with Crippen LogP contribution < -0.4 is 4.74 Å². The van der Waals surface area contributed by atoms with Crippen molar-refractivity contribution in [3.05, 3.63) is 90.0 Å². The Bertz CT molecular complexity index is 1250. The zero-order valence-electron chi connectivity index (χ0n) is 22.5. The molecule has 0 N–H and O–H groups in total. The molecule has 39 heavy (non-hydrogen) atoms. The monoisotopic (exact) mass is 540 g/mol. The molecule has 2 nitrogen and oxygen atoms in total. The Morgan fingerprint density at radius 2 is 1.38 bits per heavy atom. The molecule has 0 saturated carbocycles. The van der Waals surface area contributed by atoms with Crippen molar-refractivity contribution >= 4 is 0 Å². The molecule has 1 aliphatic heterocycles. The lowest BCUT2D eigenvalue weighted by atomic mass is 9.89. The Balaban J connectivity index is 1.43. The first-order valence-electron chi connectivity index (χ1n) is 13.9. The maximum atomic E-state index is 15.1. The third kappa shape index (κ3) is 6.91. The molecule has 1 saturated heterocycles. The Hall–Kier alpha value is -3.12. The van der Waals surface area contributed by atoms with Gasteiger partial charge in [-0.2, -0.15) is 4.39 Å². The molecule has 0 aliphatic carbocycles. The second-order valence-electron chi connectivity index (χ2n) is 10.1. The molecule has 3 aromatic carbocycles. The molecular weight excluding hydrogens is 504 g/mol. The van der Waals surface area contributed by atoms with Crippen LogP contribution in [0, 0.1) is 23.3 Å². The molecule has 0 bridgehead atoms. The summed E-state index contributed by atoms with van der Waals surface area (Å²) in [5.41, 5.74) is 1.34. The van der Waals surface area contributed by atoms with E-state index < -0.39 is 23.3 Å². The third-order valence-corrected chi connectivity index (χ3v) is 7.44. The first kappa shape index (κ1) is 28.9. The molecule has 0 amide bonds. The number of benzene rings is 3. The summed E-state index contributed by atoms with van der Waals surface area (Å²) in [5.74, 6) is -4.18. The number of hydrogen-bond acceptors (Lipinski definition) is 2. The van der Waals surface area contributed by atoms with E-state index in [0.29, 0.717) is 42.7 Å². The van der Waals surface area contributed by atoms with E-state index in [1.807, 2.05) is 0 Å². The van der Waals surface area contributed by atoms with E-state index >= 15 is 8.78 Å². The second kappa shape index (κ2) is 13.8. The van der Waals surface area contributed by atoms with Crippen LogP contribution in [-0.4, -0.2) is 19.3 Å². The van der Waals surface area contributed by atoms with Gasteiger partial charge < -0.3 is 9.47 Å². The van der Waals surface area contributed by atoms with Crippen molar-refractivity contribution in [2.75, 3.05) is 13.2 Å². The lowest BCUT2D eigenvalue weighted by Crippen LogP contribution is -2.23. The van der Waals surface area contributed by atoms with Crippen LogP contribution in [0.3, 0.4) is 0 Å². The largest absolute Gasteiger partial charge is 0.490 e. The Morgan fingerprint density at radius 1 is 0.769 bits per heavy atom.